The molecule has 5 heteroatoms. The van der Waals surface area contributed by atoms with Crippen molar-refractivity contribution in [1.82, 2.24) is 4.98 Å². The highest BCUT2D eigenvalue weighted by Gasteiger charge is 2.15. The van der Waals surface area contributed by atoms with Gasteiger partial charge in [-0.3, -0.25) is 4.90 Å². The lowest BCUT2D eigenvalue weighted by Crippen LogP contribution is -2.29. The smallest absolute Gasteiger partial charge is 0.419 e. The lowest BCUT2D eigenvalue weighted by molar-refractivity contribution is 0.209. The molecule has 0 aliphatic carbocycles. The van der Waals surface area contributed by atoms with Crippen LogP contribution in [0.5, 0.6) is 11.5 Å². The summed E-state index contributed by atoms with van der Waals surface area (Å²) in [5, 5.41) is 0.874. The largest absolute Gasteiger partial charge is 0.497 e. The minimum absolute atomic E-state index is 0.445. The number of nitrogens with zero attached hydrogens (tertiary/aromatic N) is 1. The number of nitrogens with one attached hydrogen (secondary N) is 1. The molecule has 0 atom stereocenters. The van der Waals surface area contributed by atoms with Crippen LogP contribution in [-0.4, -0.2) is 25.2 Å². The Kier molecular flexibility index (Phi) is 3.70. The topological polar surface area (TPSA) is 54.6 Å². The van der Waals surface area contributed by atoms with Gasteiger partial charge in [0.1, 0.15) is 11.5 Å². The Labute approximate surface area is 128 Å². The second-order valence-corrected chi connectivity index (χ2v) is 4.82. The molecule has 1 heterocycles. The van der Waals surface area contributed by atoms with Gasteiger partial charge in [0, 0.05) is 29.8 Å². The summed E-state index contributed by atoms with van der Waals surface area (Å²) in [7, 11) is 3.27. The van der Waals surface area contributed by atoms with Gasteiger partial charge >= 0.3 is 6.09 Å². The van der Waals surface area contributed by atoms with Gasteiger partial charge in [0.15, 0.2) is 0 Å². The Morgan fingerprint density at radius 1 is 1.09 bits per heavy atom. The van der Waals surface area contributed by atoms with Gasteiger partial charge in [-0.15, -0.1) is 0 Å². The lowest BCUT2D eigenvalue weighted by Gasteiger charge is -2.17. The zero-order valence-corrected chi connectivity index (χ0v) is 12.4. The number of methoxy groups -OCH3 is 1. The van der Waals surface area contributed by atoms with Crippen molar-refractivity contribution in [2.45, 2.75) is 0 Å². The van der Waals surface area contributed by atoms with Crippen molar-refractivity contribution in [1.29, 1.82) is 0 Å². The van der Waals surface area contributed by atoms with Crippen molar-refractivity contribution < 1.29 is 14.3 Å². The summed E-state index contributed by atoms with van der Waals surface area (Å²) in [5.74, 6) is 1.27. The molecule has 22 heavy (non-hydrogen) atoms. The van der Waals surface area contributed by atoms with E-state index in [1.807, 2.05) is 24.4 Å². The van der Waals surface area contributed by atoms with E-state index in [0.717, 1.165) is 22.3 Å². The maximum Gasteiger partial charge on any atom is 0.419 e. The van der Waals surface area contributed by atoms with E-state index >= 15 is 0 Å². The number of fused-ring (bicyclic) bond motifs is 1. The number of carbonyl (C=O) groups is 1. The predicted octanol–water partition coefficient (Wildman–Crippen LogP) is 3.81. The number of aromatic nitrogens is 1. The molecule has 1 aromatic heterocycles. The molecule has 0 radical (unpaired) electrons. The molecule has 3 aromatic rings. The van der Waals surface area contributed by atoms with Gasteiger partial charge in [0.05, 0.1) is 7.11 Å². The second-order valence-electron chi connectivity index (χ2n) is 4.82. The maximum atomic E-state index is 12.3. The van der Waals surface area contributed by atoms with Crippen LogP contribution in [0.15, 0.2) is 54.7 Å². The molecule has 0 saturated heterocycles. The van der Waals surface area contributed by atoms with Crippen LogP contribution >= 0.6 is 0 Å². The fourth-order valence-electron chi connectivity index (χ4n) is 2.22. The zero-order valence-electron chi connectivity index (χ0n) is 12.4. The summed E-state index contributed by atoms with van der Waals surface area (Å²) in [4.78, 5) is 16.8. The van der Waals surface area contributed by atoms with Crippen molar-refractivity contribution in [3.63, 3.8) is 0 Å². The van der Waals surface area contributed by atoms with Crippen molar-refractivity contribution in [3.8, 4) is 11.5 Å². The Hall–Kier alpha value is -2.95. The highest BCUT2D eigenvalue weighted by Crippen LogP contribution is 2.26. The van der Waals surface area contributed by atoms with Gasteiger partial charge < -0.3 is 14.5 Å². The molecular weight excluding hydrogens is 280 g/mol. The fraction of sp³-hybridized carbons (Fsp3) is 0.118. The maximum absolute atomic E-state index is 12.3. The van der Waals surface area contributed by atoms with Crippen LogP contribution in [0.3, 0.4) is 0 Å². The first-order valence-corrected chi connectivity index (χ1v) is 6.85. The van der Waals surface area contributed by atoms with Crippen LogP contribution in [0.4, 0.5) is 10.5 Å². The number of H-pyrrole nitrogens is 1. The first kappa shape index (κ1) is 14.0. The van der Waals surface area contributed by atoms with Gasteiger partial charge in [-0.05, 0) is 42.5 Å². The van der Waals surface area contributed by atoms with Crippen LogP contribution in [0.1, 0.15) is 0 Å². The first-order valence-electron chi connectivity index (χ1n) is 6.85. The lowest BCUT2D eigenvalue weighted by atomic mass is 10.2. The van der Waals surface area contributed by atoms with Crippen LogP contribution in [0.25, 0.3) is 10.9 Å². The van der Waals surface area contributed by atoms with Gasteiger partial charge in [-0.1, -0.05) is 6.07 Å². The molecule has 0 bridgehead atoms. The van der Waals surface area contributed by atoms with Crippen LogP contribution in [0, 0.1) is 0 Å². The van der Waals surface area contributed by atoms with Gasteiger partial charge in [-0.25, -0.2) is 4.79 Å². The van der Waals surface area contributed by atoms with Crippen LogP contribution in [-0.2, 0) is 0 Å². The Morgan fingerprint density at radius 3 is 2.59 bits per heavy atom. The van der Waals surface area contributed by atoms with E-state index in [2.05, 4.69) is 4.98 Å². The van der Waals surface area contributed by atoms with Crippen LogP contribution in [0.2, 0.25) is 0 Å². The van der Waals surface area contributed by atoms with E-state index in [-0.39, 0.29) is 0 Å². The monoisotopic (exact) mass is 296 g/mol. The normalized spacial score (nSPS) is 10.5. The SMILES string of the molecule is COc1ccc(N(C)C(=O)Oc2cccc3[nH]ccc23)cc1. The number of anilines is 1. The number of carbonyl (C=O) groups excluding carboxylic acids is 1. The Morgan fingerprint density at radius 2 is 1.86 bits per heavy atom. The molecule has 3 rings (SSSR count). The van der Waals surface area contributed by atoms with E-state index in [0.29, 0.717) is 5.75 Å². The molecule has 0 spiro atoms. The summed E-state index contributed by atoms with van der Waals surface area (Å²) in [6, 6.07) is 14.6. The summed E-state index contributed by atoms with van der Waals surface area (Å²) in [6.07, 6.45) is 1.37. The molecule has 0 unspecified atom stereocenters. The fourth-order valence-corrected chi connectivity index (χ4v) is 2.22. The summed E-state index contributed by atoms with van der Waals surface area (Å²) in [6.45, 7) is 0. The number of benzene rings is 2. The summed E-state index contributed by atoms with van der Waals surface area (Å²) in [5.41, 5.74) is 1.66. The Bertz CT molecular complexity index is 793. The number of aromatic amines is 1. The first-order chi connectivity index (χ1) is 10.7. The second kappa shape index (κ2) is 5.81. The predicted molar refractivity (Wildman–Crippen MR) is 85.7 cm³/mol. The average Bonchev–Trinajstić information content (AvgIpc) is 3.04. The third-order valence-corrected chi connectivity index (χ3v) is 3.49. The quantitative estimate of drug-likeness (QED) is 0.799. The van der Waals surface area contributed by atoms with Crippen molar-refractivity contribution in [2.24, 2.45) is 0 Å². The highest BCUT2D eigenvalue weighted by molar-refractivity contribution is 5.93. The van der Waals surface area contributed by atoms with Crippen molar-refractivity contribution in [2.75, 3.05) is 19.1 Å². The van der Waals surface area contributed by atoms with Crippen molar-refractivity contribution in [3.05, 3.63) is 54.7 Å². The molecule has 0 aliphatic rings. The third-order valence-electron chi connectivity index (χ3n) is 3.49. The average molecular weight is 296 g/mol. The number of hydrogen-bond acceptors (Lipinski definition) is 3. The number of hydrogen-bond donors (Lipinski definition) is 1. The molecule has 5 nitrogen and oxygen atoms in total. The minimum Gasteiger partial charge on any atom is -0.497 e. The van der Waals surface area contributed by atoms with Crippen LogP contribution < -0.4 is 14.4 Å². The highest BCUT2D eigenvalue weighted by atomic mass is 16.6. The van der Waals surface area contributed by atoms with Crippen molar-refractivity contribution >= 4 is 22.7 Å². The van der Waals surface area contributed by atoms with Gasteiger partial charge in [0.25, 0.3) is 0 Å². The van der Waals surface area contributed by atoms with E-state index in [1.54, 1.807) is 44.5 Å². The van der Waals surface area contributed by atoms with Gasteiger partial charge in [0.2, 0.25) is 0 Å². The summed E-state index contributed by atoms with van der Waals surface area (Å²) < 4.78 is 10.6. The van der Waals surface area contributed by atoms with E-state index < -0.39 is 6.09 Å². The Balaban J connectivity index is 1.79. The zero-order chi connectivity index (χ0) is 15.5. The molecule has 1 amide bonds. The van der Waals surface area contributed by atoms with Gasteiger partial charge in [-0.2, -0.15) is 0 Å². The molecule has 0 saturated carbocycles. The van der Waals surface area contributed by atoms with E-state index in [1.165, 1.54) is 4.90 Å². The molecule has 2 aromatic carbocycles. The third kappa shape index (κ3) is 2.61. The van der Waals surface area contributed by atoms with E-state index in [9.17, 15) is 4.79 Å². The molecular formula is C17H16N2O3. The number of rotatable bonds is 3. The molecule has 0 fully saturated rings. The molecule has 0 aliphatic heterocycles. The van der Waals surface area contributed by atoms with E-state index in [4.69, 9.17) is 9.47 Å². The minimum atomic E-state index is -0.445. The molecule has 112 valence electrons. The summed E-state index contributed by atoms with van der Waals surface area (Å²) >= 11 is 0. The number of amides is 1. The standard InChI is InChI=1S/C17H16N2O3/c1-19(12-6-8-13(21-2)9-7-12)17(20)22-16-5-3-4-15-14(16)10-11-18-15/h3-11,18H,1-2H3. The number of ether oxygens (including phenoxy) is 2. The molecule has 1 N–H and O–H groups in total.